The third kappa shape index (κ3) is 7.29. The Hall–Kier alpha value is -3.13. The predicted octanol–water partition coefficient (Wildman–Crippen LogP) is 6.65. The highest BCUT2D eigenvalue weighted by molar-refractivity contribution is 8.00. The largest absolute Gasteiger partial charge is 0.417 e. The Morgan fingerprint density at radius 1 is 1.05 bits per heavy atom. The number of alkyl halides is 3. The van der Waals surface area contributed by atoms with Crippen molar-refractivity contribution in [1.29, 1.82) is 0 Å². The minimum atomic E-state index is -4.84. The number of rotatable bonds is 9. The fourth-order valence-corrected chi connectivity index (χ4v) is 6.73. The number of sulfonamides is 1. The van der Waals surface area contributed by atoms with Gasteiger partial charge in [-0.25, -0.2) is 8.42 Å². The van der Waals surface area contributed by atoms with Gasteiger partial charge in [-0.1, -0.05) is 82.7 Å². The summed E-state index contributed by atoms with van der Waals surface area (Å²) in [6, 6.07) is 18.0. The molecule has 1 N–H and O–H groups in total. The van der Waals surface area contributed by atoms with Gasteiger partial charge >= 0.3 is 6.18 Å². The third-order valence-electron chi connectivity index (χ3n) is 5.30. The fourth-order valence-electron chi connectivity index (χ4n) is 3.37. The Bertz CT molecular complexity index is 1560. The number of halogens is 4. The number of hydrogen-bond acceptors (Lipinski definition) is 7. The second kappa shape index (κ2) is 11.9. The van der Waals surface area contributed by atoms with Gasteiger partial charge in [-0.05, 0) is 42.8 Å². The van der Waals surface area contributed by atoms with Crippen LogP contribution in [0.25, 0.3) is 0 Å². The first-order valence-electron chi connectivity index (χ1n) is 11.2. The molecule has 0 fully saturated rings. The molecule has 0 unspecified atom stereocenters. The summed E-state index contributed by atoms with van der Waals surface area (Å²) in [5.41, 5.74) is 0.247. The number of nitrogens with one attached hydrogen (secondary N) is 1. The molecule has 39 heavy (non-hydrogen) atoms. The van der Waals surface area contributed by atoms with Crippen molar-refractivity contribution in [2.24, 2.45) is 0 Å². The monoisotopic (exact) mass is 612 g/mol. The van der Waals surface area contributed by atoms with Crippen LogP contribution in [-0.2, 0) is 26.7 Å². The Morgan fingerprint density at radius 3 is 2.41 bits per heavy atom. The molecule has 1 aromatic heterocycles. The van der Waals surface area contributed by atoms with Gasteiger partial charge in [-0.3, -0.25) is 14.4 Å². The molecule has 0 aliphatic rings. The zero-order chi connectivity index (χ0) is 28.2. The third-order valence-corrected chi connectivity index (χ3v) is 9.46. The van der Waals surface area contributed by atoms with E-state index in [-0.39, 0.29) is 15.7 Å². The lowest BCUT2D eigenvalue weighted by atomic mass is 10.2. The number of hydrogen-bond donors (Lipinski definition) is 1. The van der Waals surface area contributed by atoms with E-state index >= 15 is 0 Å². The lowest BCUT2D eigenvalue weighted by molar-refractivity contribution is -0.137. The molecule has 4 rings (SSSR count). The Balaban J connectivity index is 1.58. The van der Waals surface area contributed by atoms with Crippen LogP contribution in [0, 0.1) is 6.92 Å². The van der Waals surface area contributed by atoms with Crippen LogP contribution in [-0.4, -0.2) is 31.1 Å². The van der Waals surface area contributed by atoms with E-state index in [1.165, 1.54) is 23.9 Å². The van der Waals surface area contributed by atoms with Gasteiger partial charge in [-0.15, -0.1) is 10.2 Å². The van der Waals surface area contributed by atoms with Crippen LogP contribution in [0.1, 0.15) is 16.7 Å². The molecule has 0 aliphatic carbocycles. The zero-order valence-electron chi connectivity index (χ0n) is 20.1. The van der Waals surface area contributed by atoms with Crippen LogP contribution in [0.5, 0.6) is 0 Å². The first-order chi connectivity index (χ1) is 18.4. The standard InChI is InChI=1S/C25H20ClF3N4O3S3/c1-16-7-10-19(11-8-16)39(35,36)33(18-9-12-21(26)20(13-18)25(27,28)29)14-22(34)30-23-31-32-24(38-23)37-15-17-5-3-2-4-6-17/h2-13H,14-15H2,1H3,(H,30,31,34). The van der Waals surface area contributed by atoms with Gasteiger partial charge in [-0.2, -0.15) is 13.2 Å². The van der Waals surface area contributed by atoms with Gasteiger partial charge in [0.25, 0.3) is 10.0 Å². The van der Waals surface area contributed by atoms with E-state index in [0.29, 0.717) is 20.5 Å². The van der Waals surface area contributed by atoms with Crippen LogP contribution in [0.4, 0.5) is 24.0 Å². The number of carbonyl (C=O) groups is 1. The topological polar surface area (TPSA) is 92.3 Å². The van der Waals surface area contributed by atoms with Gasteiger partial charge in [0.2, 0.25) is 11.0 Å². The Morgan fingerprint density at radius 2 is 1.74 bits per heavy atom. The molecular weight excluding hydrogens is 593 g/mol. The van der Waals surface area contributed by atoms with Crippen molar-refractivity contribution in [2.75, 3.05) is 16.2 Å². The van der Waals surface area contributed by atoms with Crippen LogP contribution in [0.15, 0.2) is 82.0 Å². The number of aromatic nitrogens is 2. The quantitative estimate of drug-likeness (QED) is 0.168. The second-order valence-electron chi connectivity index (χ2n) is 8.18. The van der Waals surface area contributed by atoms with Crippen molar-refractivity contribution >= 4 is 61.4 Å². The predicted molar refractivity (Wildman–Crippen MR) is 147 cm³/mol. The first-order valence-corrected chi connectivity index (χ1v) is 14.8. The van der Waals surface area contributed by atoms with E-state index in [2.05, 4.69) is 15.5 Å². The summed E-state index contributed by atoms with van der Waals surface area (Å²) >= 11 is 8.23. The summed E-state index contributed by atoms with van der Waals surface area (Å²) in [5.74, 6) is -0.186. The van der Waals surface area contributed by atoms with Crippen molar-refractivity contribution in [3.8, 4) is 0 Å². The molecule has 0 saturated carbocycles. The van der Waals surface area contributed by atoms with Crippen LogP contribution in [0.3, 0.4) is 0 Å². The molecule has 0 saturated heterocycles. The number of anilines is 2. The highest BCUT2D eigenvalue weighted by Crippen LogP contribution is 2.38. The number of aryl methyl sites for hydroxylation is 1. The van der Waals surface area contributed by atoms with Gasteiger partial charge in [0, 0.05) is 5.75 Å². The van der Waals surface area contributed by atoms with E-state index < -0.39 is 39.2 Å². The first kappa shape index (κ1) is 28.9. The summed E-state index contributed by atoms with van der Waals surface area (Å²) in [6.07, 6.45) is -4.84. The number of nitrogens with zero attached hydrogens (tertiary/aromatic N) is 3. The summed E-state index contributed by atoms with van der Waals surface area (Å²) in [7, 11) is -4.44. The summed E-state index contributed by atoms with van der Waals surface area (Å²) in [4.78, 5) is 12.7. The SMILES string of the molecule is Cc1ccc(S(=O)(=O)N(CC(=O)Nc2nnc(SCc3ccccc3)s2)c2ccc(Cl)c(C(F)(F)F)c2)cc1. The van der Waals surface area contributed by atoms with Crippen LogP contribution >= 0.6 is 34.7 Å². The molecule has 3 aromatic carbocycles. The molecule has 7 nitrogen and oxygen atoms in total. The zero-order valence-corrected chi connectivity index (χ0v) is 23.4. The maximum atomic E-state index is 13.5. The Kier molecular flexibility index (Phi) is 8.84. The summed E-state index contributed by atoms with van der Waals surface area (Å²) in [5, 5.41) is 9.95. The minimum absolute atomic E-state index is 0.121. The molecule has 4 aromatic rings. The lowest BCUT2D eigenvalue weighted by Crippen LogP contribution is -2.38. The number of amides is 1. The summed E-state index contributed by atoms with van der Waals surface area (Å²) < 4.78 is 68.8. The maximum absolute atomic E-state index is 13.5. The minimum Gasteiger partial charge on any atom is -0.299 e. The molecule has 0 spiro atoms. The summed E-state index contributed by atoms with van der Waals surface area (Å²) in [6.45, 7) is 0.937. The average Bonchev–Trinajstić information content (AvgIpc) is 3.33. The molecule has 0 aliphatic heterocycles. The molecule has 0 atom stereocenters. The highest BCUT2D eigenvalue weighted by atomic mass is 35.5. The van der Waals surface area contributed by atoms with Crippen molar-refractivity contribution in [2.45, 2.75) is 28.1 Å². The van der Waals surface area contributed by atoms with Gasteiger partial charge in [0.05, 0.1) is 21.2 Å². The van der Waals surface area contributed by atoms with Crippen LogP contribution < -0.4 is 9.62 Å². The molecule has 1 heterocycles. The number of carbonyl (C=O) groups excluding carboxylic acids is 1. The molecule has 204 valence electrons. The van der Waals surface area contributed by atoms with E-state index in [4.69, 9.17) is 11.6 Å². The molecular formula is C25H20ClF3N4O3S3. The van der Waals surface area contributed by atoms with Crippen molar-refractivity contribution in [1.82, 2.24) is 10.2 Å². The molecule has 14 heteroatoms. The fraction of sp³-hybridized carbons (Fsp3) is 0.160. The Labute approximate surface area is 236 Å². The molecule has 0 bridgehead atoms. The van der Waals surface area contributed by atoms with Gasteiger partial charge in [0.1, 0.15) is 6.54 Å². The van der Waals surface area contributed by atoms with Gasteiger partial charge < -0.3 is 0 Å². The molecule has 0 radical (unpaired) electrons. The van der Waals surface area contributed by atoms with Crippen LogP contribution in [0.2, 0.25) is 5.02 Å². The van der Waals surface area contributed by atoms with Gasteiger partial charge in [0.15, 0.2) is 4.34 Å². The van der Waals surface area contributed by atoms with E-state index in [1.807, 2.05) is 30.3 Å². The number of thioether (sulfide) groups is 1. The van der Waals surface area contributed by atoms with E-state index in [9.17, 15) is 26.4 Å². The highest BCUT2D eigenvalue weighted by Gasteiger charge is 2.35. The molecule has 1 amide bonds. The maximum Gasteiger partial charge on any atom is 0.417 e. The van der Waals surface area contributed by atoms with Crippen molar-refractivity contribution in [3.63, 3.8) is 0 Å². The lowest BCUT2D eigenvalue weighted by Gasteiger charge is -2.25. The number of benzene rings is 3. The van der Waals surface area contributed by atoms with E-state index in [0.717, 1.165) is 34.6 Å². The normalized spacial score (nSPS) is 11.8. The van der Waals surface area contributed by atoms with Crippen molar-refractivity contribution < 1.29 is 26.4 Å². The van der Waals surface area contributed by atoms with Crippen molar-refractivity contribution in [3.05, 3.63) is 94.5 Å². The second-order valence-corrected chi connectivity index (χ2v) is 12.7. The van der Waals surface area contributed by atoms with E-state index in [1.54, 1.807) is 19.1 Å². The average molecular weight is 613 g/mol. The smallest absolute Gasteiger partial charge is 0.299 e.